The number of rotatable bonds is 5. The predicted molar refractivity (Wildman–Crippen MR) is 110 cm³/mol. The van der Waals surface area contributed by atoms with Crippen molar-refractivity contribution in [2.24, 2.45) is 11.7 Å². The van der Waals surface area contributed by atoms with Gasteiger partial charge < -0.3 is 15.2 Å². The Hall–Kier alpha value is -1.78. The van der Waals surface area contributed by atoms with Crippen LogP contribution in [0.15, 0.2) is 12.1 Å². The summed E-state index contributed by atoms with van der Waals surface area (Å²) < 4.78 is 56.7. The smallest absolute Gasteiger partial charge is 0.312 e. The molecule has 10 heteroatoms. The third-order valence-corrected chi connectivity index (χ3v) is 7.76. The highest BCUT2D eigenvalue weighted by Crippen LogP contribution is 2.41. The first-order valence-electron chi connectivity index (χ1n) is 10.3. The normalized spacial score (nSPS) is 25.4. The number of primary amides is 1. The summed E-state index contributed by atoms with van der Waals surface area (Å²) in [6.07, 6.45) is 2.47. The van der Waals surface area contributed by atoms with Gasteiger partial charge in [-0.05, 0) is 70.4 Å². The largest absolute Gasteiger partial charge is 0.598 e. The van der Waals surface area contributed by atoms with E-state index in [9.17, 15) is 27.3 Å². The maximum atomic E-state index is 14.3. The van der Waals surface area contributed by atoms with Gasteiger partial charge in [0.2, 0.25) is 0 Å². The molecule has 0 aliphatic carbocycles. The molecule has 1 aromatic rings. The zero-order chi connectivity index (χ0) is 23.1. The Bertz CT molecular complexity index is 850. The van der Waals surface area contributed by atoms with Crippen LogP contribution in [0.4, 0.5) is 13.2 Å². The number of halogens is 3. The van der Waals surface area contributed by atoms with Gasteiger partial charge in [0, 0.05) is 29.5 Å². The van der Waals surface area contributed by atoms with Crippen molar-refractivity contribution in [3.05, 3.63) is 35.1 Å². The van der Waals surface area contributed by atoms with Gasteiger partial charge in [-0.3, -0.25) is 9.59 Å². The molecule has 2 bridgehead atoms. The first-order valence-corrected chi connectivity index (χ1v) is 11.5. The molecule has 2 heterocycles. The molecule has 3 unspecified atom stereocenters. The van der Waals surface area contributed by atoms with E-state index in [1.165, 1.54) is 4.90 Å². The summed E-state index contributed by atoms with van der Waals surface area (Å²) in [7, 11) is 0. The molecule has 3 rings (SSSR count). The Morgan fingerprint density at radius 1 is 1.16 bits per heavy atom. The third kappa shape index (κ3) is 5.18. The van der Waals surface area contributed by atoms with Crippen LogP contribution in [0.2, 0.25) is 0 Å². The van der Waals surface area contributed by atoms with Crippen LogP contribution in [0, 0.1) is 23.4 Å². The molecule has 4 atom stereocenters. The number of benzene rings is 1. The molecule has 1 aromatic carbocycles. The van der Waals surface area contributed by atoms with Crippen molar-refractivity contribution in [3.63, 3.8) is 0 Å². The first kappa shape index (κ1) is 23.9. The fourth-order valence-electron chi connectivity index (χ4n) is 4.58. The molecule has 2 fully saturated rings. The molecule has 0 radical (unpaired) electrons. The van der Waals surface area contributed by atoms with Crippen molar-refractivity contribution in [3.8, 4) is 0 Å². The lowest BCUT2D eigenvalue weighted by Gasteiger charge is -2.41. The maximum absolute atomic E-state index is 14.3. The van der Waals surface area contributed by atoms with Crippen LogP contribution >= 0.6 is 0 Å². The summed E-state index contributed by atoms with van der Waals surface area (Å²) in [6, 6.07) is 0.477. The highest BCUT2D eigenvalue weighted by Gasteiger charge is 2.47. The number of nitrogens with zero attached hydrogens (tertiary/aromatic N) is 1. The highest BCUT2D eigenvalue weighted by molar-refractivity contribution is 7.90. The van der Waals surface area contributed by atoms with Crippen molar-refractivity contribution in [2.45, 2.75) is 75.7 Å². The summed E-state index contributed by atoms with van der Waals surface area (Å²) in [4.78, 5) is 25.1. The summed E-state index contributed by atoms with van der Waals surface area (Å²) in [5.41, 5.74) is 5.17. The van der Waals surface area contributed by atoms with Crippen molar-refractivity contribution in [1.82, 2.24) is 9.62 Å². The van der Waals surface area contributed by atoms with E-state index in [0.717, 1.165) is 18.9 Å². The summed E-state index contributed by atoms with van der Waals surface area (Å²) >= 11 is -1.48. The number of amides is 2. The van der Waals surface area contributed by atoms with E-state index in [1.807, 2.05) is 0 Å². The maximum Gasteiger partial charge on any atom is 0.312 e. The van der Waals surface area contributed by atoms with E-state index in [4.69, 9.17) is 5.73 Å². The standard InChI is InChI=1S/C21H28F3N3O3S/c1-21(2,3)31(30)26-18(9-11-8-16(23)17(24)10-15(11)22)12-6-13-4-5-14(7-12)27(13)20(29)19(25)28/h8,10,12-14,18,26H,4-7,9H2,1-3H3,(H2,25,28)/t12?,13?,14?,18-,31?/m1/s1. The van der Waals surface area contributed by atoms with Crippen LogP contribution in [0.3, 0.4) is 0 Å². The van der Waals surface area contributed by atoms with E-state index in [1.54, 1.807) is 20.8 Å². The average molecular weight is 460 g/mol. The minimum atomic E-state index is -1.48. The van der Waals surface area contributed by atoms with Gasteiger partial charge in [0.25, 0.3) is 0 Å². The lowest BCUT2D eigenvalue weighted by Crippen LogP contribution is -2.55. The van der Waals surface area contributed by atoms with E-state index < -0.39 is 51.4 Å². The molecule has 0 spiro atoms. The minimum absolute atomic E-state index is 0.00898. The van der Waals surface area contributed by atoms with E-state index >= 15 is 0 Å². The highest BCUT2D eigenvalue weighted by atomic mass is 32.2. The van der Waals surface area contributed by atoms with Crippen molar-refractivity contribution < 1.29 is 27.3 Å². The van der Waals surface area contributed by atoms with Gasteiger partial charge in [-0.15, -0.1) is 4.72 Å². The van der Waals surface area contributed by atoms with Gasteiger partial charge in [-0.1, -0.05) is 0 Å². The molecule has 0 saturated carbocycles. The Balaban J connectivity index is 1.85. The molecule has 2 aliphatic heterocycles. The fraction of sp³-hybridized carbons (Fsp3) is 0.619. The van der Waals surface area contributed by atoms with Crippen LogP contribution in [0.1, 0.15) is 52.0 Å². The van der Waals surface area contributed by atoms with Gasteiger partial charge in [0.1, 0.15) is 10.6 Å². The van der Waals surface area contributed by atoms with Crippen molar-refractivity contribution in [1.29, 1.82) is 0 Å². The Morgan fingerprint density at radius 2 is 1.71 bits per heavy atom. The number of nitrogens with one attached hydrogen (secondary N) is 1. The summed E-state index contributed by atoms with van der Waals surface area (Å²) in [5, 5.41) is 0. The van der Waals surface area contributed by atoms with E-state index in [0.29, 0.717) is 18.9 Å². The van der Waals surface area contributed by atoms with Crippen LogP contribution in [0.25, 0.3) is 0 Å². The number of nitrogens with two attached hydrogens (primary N) is 1. The summed E-state index contributed by atoms with van der Waals surface area (Å²) in [5.74, 6) is -5.08. The number of carbonyl (C=O) groups is 2. The van der Waals surface area contributed by atoms with Crippen LogP contribution in [-0.2, 0) is 27.4 Å². The Morgan fingerprint density at radius 3 is 2.23 bits per heavy atom. The molecular formula is C21H28F3N3O3S. The van der Waals surface area contributed by atoms with Crippen molar-refractivity contribution >= 4 is 23.2 Å². The fourth-order valence-corrected chi connectivity index (χ4v) is 5.49. The summed E-state index contributed by atoms with van der Waals surface area (Å²) in [6.45, 7) is 5.38. The topological polar surface area (TPSA) is 98.5 Å². The number of fused-ring (bicyclic) bond motifs is 2. The Labute approximate surface area is 183 Å². The number of hydrogen-bond acceptors (Lipinski definition) is 4. The zero-order valence-electron chi connectivity index (χ0n) is 17.8. The predicted octanol–water partition coefficient (Wildman–Crippen LogP) is 2.32. The lowest BCUT2D eigenvalue weighted by molar-refractivity contribution is -0.147. The molecule has 2 amide bonds. The number of piperidine rings is 1. The number of carbonyl (C=O) groups excluding carboxylic acids is 2. The molecule has 172 valence electrons. The van der Waals surface area contributed by atoms with E-state index in [2.05, 4.69) is 4.72 Å². The molecule has 3 N–H and O–H groups in total. The lowest BCUT2D eigenvalue weighted by atomic mass is 9.82. The molecule has 2 saturated heterocycles. The van der Waals surface area contributed by atoms with Gasteiger partial charge in [-0.25, -0.2) is 13.2 Å². The Kier molecular flexibility index (Phi) is 6.93. The number of hydrogen-bond donors (Lipinski definition) is 2. The van der Waals surface area contributed by atoms with Gasteiger partial charge in [0.15, 0.2) is 11.6 Å². The van der Waals surface area contributed by atoms with Gasteiger partial charge in [-0.2, -0.15) is 0 Å². The SMILES string of the molecule is CC(C)(C)[S+]([O-])N[C@H](Cc1cc(F)c(F)cc1F)C1CC2CCC(C1)N2C(=O)C(N)=O. The molecule has 6 nitrogen and oxygen atoms in total. The van der Waals surface area contributed by atoms with Crippen molar-refractivity contribution in [2.75, 3.05) is 0 Å². The van der Waals surface area contributed by atoms with Crippen LogP contribution < -0.4 is 10.5 Å². The van der Waals surface area contributed by atoms with E-state index in [-0.39, 0.29) is 30.0 Å². The zero-order valence-corrected chi connectivity index (χ0v) is 18.6. The monoisotopic (exact) mass is 459 g/mol. The minimum Gasteiger partial charge on any atom is -0.598 e. The third-order valence-electron chi connectivity index (χ3n) is 6.13. The van der Waals surface area contributed by atoms with Gasteiger partial charge >= 0.3 is 11.8 Å². The second-order valence-electron chi connectivity index (χ2n) is 9.36. The molecule has 0 aromatic heterocycles. The average Bonchev–Trinajstić information content (AvgIpc) is 2.92. The molecular weight excluding hydrogens is 431 g/mol. The second kappa shape index (κ2) is 8.99. The quantitative estimate of drug-likeness (QED) is 0.401. The van der Waals surface area contributed by atoms with Crippen LogP contribution in [0.5, 0.6) is 0 Å². The molecule has 31 heavy (non-hydrogen) atoms. The molecule has 2 aliphatic rings. The first-order chi connectivity index (χ1) is 14.4. The second-order valence-corrected chi connectivity index (χ2v) is 11.4. The van der Waals surface area contributed by atoms with Gasteiger partial charge in [0.05, 0.1) is 6.04 Å². The van der Waals surface area contributed by atoms with Crippen LogP contribution in [-0.4, -0.2) is 44.1 Å².